The Morgan fingerprint density at radius 2 is 1.85 bits per heavy atom. The highest BCUT2D eigenvalue weighted by Gasteiger charge is 2.28. The van der Waals surface area contributed by atoms with Gasteiger partial charge in [-0.15, -0.1) is 0 Å². The third-order valence-electron chi connectivity index (χ3n) is 6.45. The van der Waals surface area contributed by atoms with Crippen LogP contribution >= 0.6 is 11.3 Å². The van der Waals surface area contributed by atoms with Crippen molar-refractivity contribution in [1.82, 2.24) is 19.7 Å². The molecule has 1 aliphatic heterocycles. The molecule has 0 spiro atoms. The van der Waals surface area contributed by atoms with Gasteiger partial charge in [0.05, 0.1) is 16.3 Å². The molecular formula is C27H29N5OS. The van der Waals surface area contributed by atoms with Crippen molar-refractivity contribution in [2.45, 2.75) is 26.3 Å². The van der Waals surface area contributed by atoms with Gasteiger partial charge in [0, 0.05) is 30.8 Å². The van der Waals surface area contributed by atoms with Crippen LogP contribution < -0.4 is 10.5 Å². The third-order valence-corrected chi connectivity index (χ3v) is 7.59. The lowest BCUT2D eigenvalue weighted by Gasteiger charge is -2.19. The molecule has 3 heterocycles. The largest absolute Gasteiger partial charge is 0.346 e. The summed E-state index contributed by atoms with van der Waals surface area (Å²) in [7, 11) is 4.27. The molecule has 2 aromatic heterocycles. The zero-order chi connectivity index (χ0) is 23.8. The molecule has 0 aliphatic carbocycles. The van der Waals surface area contributed by atoms with Crippen molar-refractivity contribution in [3.63, 3.8) is 0 Å². The first-order valence-corrected chi connectivity index (χ1v) is 12.4. The molecule has 7 heteroatoms. The van der Waals surface area contributed by atoms with Crippen molar-refractivity contribution in [3.8, 4) is 27.5 Å². The van der Waals surface area contributed by atoms with Gasteiger partial charge in [-0.25, -0.2) is 4.98 Å². The van der Waals surface area contributed by atoms with Crippen LogP contribution in [0.25, 0.3) is 27.5 Å². The number of thiazole rings is 1. The molecule has 1 saturated heterocycles. The molecule has 0 radical (unpaired) electrons. The summed E-state index contributed by atoms with van der Waals surface area (Å²) < 4.78 is 1.50. The number of benzene rings is 2. The average Bonchev–Trinajstić information content (AvgIpc) is 3.48. The molecule has 5 rings (SSSR count). The Balaban J connectivity index is 1.64. The standard InChI is InChI=1S/C27H29N5OS/c1-18-8-7-10-20(16-18)25-26(34-27(28-25)31-15-14-21(17-31)30(3)4)22-12-13-24(33)32(29-22)23-11-6-5-9-19(23)2/h5-13,16,21H,14-15,17H2,1-4H3. The Labute approximate surface area is 204 Å². The molecule has 0 bridgehead atoms. The van der Waals surface area contributed by atoms with E-state index < -0.39 is 0 Å². The van der Waals surface area contributed by atoms with Crippen LogP contribution in [0.4, 0.5) is 5.13 Å². The molecule has 1 fully saturated rings. The monoisotopic (exact) mass is 471 g/mol. The summed E-state index contributed by atoms with van der Waals surface area (Å²) in [5.74, 6) is 0. The topological polar surface area (TPSA) is 54.3 Å². The number of likely N-dealkylation sites (N-methyl/N-ethyl adjacent to an activating group) is 1. The van der Waals surface area contributed by atoms with E-state index in [4.69, 9.17) is 10.1 Å². The SMILES string of the molecule is Cc1cccc(-c2nc(N3CCC(N(C)C)C3)sc2-c2ccc(=O)n(-c3ccccc3C)n2)c1. The van der Waals surface area contributed by atoms with Gasteiger partial charge in [-0.05, 0) is 58.1 Å². The van der Waals surface area contributed by atoms with Gasteiger partial charge in [-0.2, -0.15) is 9.78 Å². The van der Waals surface area contributed by atoms with Gasteiger partial charge in [0.25, 0.3) is 5.56 Å². The summed E-state index contributed by atoms with van der Waals surface area (Å²) >= 11 is 1.66. The molecule has 0 amide bonds. The zero-order valence-corrected chi connectivity index (χ0v) is 20.8. The van der Waals surface area contributed by atoms with E-state index in [0.717, 1.165) is 57.7 Å². The smallest absolute Gasteiger partial charge is 0.271 e. The lowest BCUT2D eigenvalue weighted by atomic mass is 10.1. The first-order valence-electron chi connectivity index (χ1n) is 11.6. The van der Waals surface area contributed by atoms with Gasteiger partial charge in [0.15, 0.2) is 5.13 Å². The Morgan fingerprint density at radius 3 is 2.59 bits per heavy atom. The Morgan fingerprint density at radius 1 is 1.03 bits per heavy atom. The summed E-state index contributed by atoms with van der Waals surface area (Å²) in [6, 6.07) is 20.2. The molecule has 4 aromatic rings. The molecule has 0 saturated carbocycles. The second-order valence-corrected chi connectivity index (χ2v) is 10.1. The van der Waals surface area contributed by atoms with Gasteiger partial charge in [0.2, 0.25) is 0 Å². The van der Waals surface area contributed by atoms with Crippen LogP contribution in [0.5, 0.6) is 0 Å². The summed E-state index contributed by atoms with van der Waals surface area (Å²) in [6.45, 7) is 6.03. The van der Waals surface area contributed by atoms with Crippen LogP contribution in [0.1, 0.15) is 17.5 Å². The highest BCUT2D eigenvalue weighted by atomic mass is 32.1. The second kappa shape index (κ2) is 9.16. The van der Waals surface area contributed by atoms with E-state index in [1.165, 1.54) is 10.2 Å². The van der Waals surface area contributed by atoms with Crippen molar-refractivity contribution < 1.29 is 0 Å². The van der Waals surface area contributed by atoms with E-state index in [1.54, 1.807) is 17.4 Å². The lowest BCUT2D eigenvalue weighted by molar-refractivity contribution is 0.315. The fourth-order valence-corrected chi connectivity index (χ4v) is 5.54. The van der Waals surface area contributed by atoms with E-state index in [9.17, 15) is 4.79 Å². The quantitative estimate of drug-likeness (QED) is 0.419. The van der Waals surface area contributed by atoms with E-state index in [1.807, 2.05) is 37.3 Å². The number of aryl methyl sites for hydroxylation is 2. The number of hydrogen-bond donors (Lipinski definition) is 0. The number of rotatable bonds is 5. The maximum absolute atomic E-state index is 12.7. The van der Waals surface area contributed by atoms with Crippen LogP contribution in [0.15, 0.2) is 65.5 Å². The molecule has 0 N–H and O–H groups in total. The number of para-hydroxylation sites is 1. The molecule has 174 valence electrons. The highest BCUT2D eigenvalue weighted by molar-refractivity contribution is 7.19. The Bertz CT molecular complexity index is 1390. The van der Waals surface area contributed by atoms with E-state index in [0.29, 0.717) is 6.04 Å². The van der Waals surface area contributed by atoms with Gasteiger partial charge in [-0.3, -0.25) is 4.79 Å². The molecule has 6 nitrogen and oxygen atoms in total. The minimum Gasteiger partial charge on any atom is -0.346 e. The zero-order valence-electron chi connectivity index (χ0n) is 20.0. The first kappa shape index (κ1) is 22.5. The Hall–Kier alpha value is -3.29. The molecule has 1 atom stereocenters. The van der Waals surface area contributed by atoms with Crippen molar-refractivity contribution >= 4 is 16.5 Å². The van der Waals surface area contributed by atoms with Crippen molar-refractivity contribution in [3.05, 3.63) is 82.1 Å². The maximum atomic E-state index is 12.7. The van der Waals surface area contributed by atoms with Gasteiger partial charge in [-0.1, -0.05) is 53.3 Å². The summed E-state index contributed by atoms with van der Waals surface area (Å²) in [6.07, 6.45) is 1.12. The van der Waals surface area contributed by atoms with Crippen LogP contribution in [-0.4, -0.2) is 52.9 Å². The van der Waals surface area contributed by atoms with Crippen LogP contribution in [0.3, 0.4) is 0 Å². The average molecular weight is 472 g/mol. The minimum atomic E-state index is -0.145. The second-order valence-electron chi connectivity index (χ2n) is 9.15. The molecule has 34 heavy (non-hydrogen) atoms. The minimum absolute atomic E-state index is 0.145. The summed E-state index contributed by atoms with van der Waals surface area (Å²) in [4.78, 5) is 23.5. The van der Waals surface area contributed by atoms with Crippen LogP contribution in [0, 0.1) is 13.8 Å². The van der Waals surface area contributed by atoms with Crippen molar-refractivity contribution in [2.75, 3.05) is 32.1 Å². The van der Waals surface area contributed by atoms with E-state index in [-0.39, 0.29) is 5.56 Å². The first-order chi connectivity index (χ1) is 16.4. The fourth-order valence-electron chi connectivity index (χ4n) is 4.45. The number of aromatic nitrogens is 3. The van der Waals surface area contributed by atoms with E-state index in [2.05, 4.69) is 55.1 Å². The normalized spacial score (nSPS) is 15.9. The van der Waals surface area contributed by atoms with Crippen LogP contribution in [0.2, 0.25) is 0 Å². The number of nitrogens with zero attached hydrogens (tertiary/aromatic N) is 5. The fraction of sp³-hybridized carbons (Fsp3) is 0.296. The van der Waals surface area contributed by atoms with Gasteiger partial charge >= 0.3 is 0 Å². The van der Waals surface area contributed by atoms with Crippen molar-refractivity contribution in [2.24, 2.45) is 0 Å². The molecule has 1 aliphatic rings. The Kier molecular flexibility index (Phi) is 6.06. The van der Waals surface area contributed by atoms with Gasteiger partial charge in [0.1, 0.15) is 5.69 Å². The summed E-state index contributed by atoms with van der Waals surface area (Å²) in [5, 5.41) is 5.82. The highest BCUT2D eigenvalue weighted by Crippen LogP contribution is 2.40. The number of hydrogen-bond acceptors (Lipinski definition) is 6. The van der Waals surface area contributed by atoms with Gasteiger partial charge < -0.3 is 9.80 Å². The van der Waals surface area contributed by atoms with Crippen molar-refractivity contribution in [1.29, 1.82) is 0 Å². The molecule has 2 aromatic carbocycles. The van der Waals surface area contributed by atoms with E-state index >= 15 is 0 Å². The van der Waals surface area contributed by atoms with Crippen LogP contribution in [-0.2, 0) is 0 Å². The number of anilines is 1. The maximum Gasteiger partial charge on any atom is 0.271 e. The molecular weight excluding hydrogens is 442 g/mol. The third kappa shape index (κ3) is 4.29. The summed E-state index contributed by atoms with van der Waals surface area (Å²) in [5.41, 5.74) is 5.58. The molecule has 1 unspecified atom stereocenters. The predicted octanol–water partition coefficient (Wildman–Crippen LogP) is 4.78. The lowest BCUT2D eigenvalue weighted by Crippen LogP contribution is -2.31. The predicted molar refractivity (Wildman–Crippen MR) is 140 cm³/mol.